The third kappa shape index (κ3) is 2.85. The molecule has 0 saturated heterocycles. The van der Waals surface area contributed by atoms with E-state index in [9.17, 15) is 0 Å². The normalized spacial score (nSPS) is 10.0. The molecule has 0 spiro atoms. The summed E-state index contributed by atoms with van der Waals surface area (Å²) < 4.78 is 6.18. The molecule has 2 rings (SSSR count). The summed E-state index contributed by atoms with van der Waals surface area (Å²) >= 11 is 3.40. The fourth-order valence-electron chi connectivity index (χ4n) is 1.36. The summed E-state index contributed by atoms with van der Waals surface area (Å²) in [6.45, 7) is 0. The minimum atomic E-state index is 0.365. The van der Waals surface area contributed by atoms with Crippen molar-refractivity contribution < 1.29 is 4.74 Å². The molecule has 88 valence electrons. The number of methoxy groups -OCH3 is 1. The number of benzene rings is 1. The van der Waals surface area contributed by atoms with E-state index in [2.05, 4.69) is 31.2 Å². The lowest BCUT2D eigenvalue weighted by Gasteiger charge is -2.10. The highest BCUT2D eigenvalue weighted by Crippen LogP contribution is 2.29. The largest absolute Gasteiger partial charge is 0.495 e. The number of ether oxygens (including phenoxy) is 1. The molecule has 1 aromatic heterocycles. The van der Waals surface area contributed by atoms with Crippen LogP contribution >= 0.6 is 15.9 Å². The molecule has 0 aliphatic heterocycles. The summed E-state index contributed by atoms with van der Waals surface area (Å²) in [5.41, 5.74) is 6.35. The quantitative estimate of drug-likeness (QED) is 0.910. The number of halogens is 1. The first-order valence-corrected chi connectivity index (χ1v) is 5.66. The smallest absolute Gasteiger partial charge is 0.151 e. The van der Waals surface area contributed by atoms with E-state index >= 15 is 0 Å². The van der Waals surface area contributed by atoms with Crippen molar-refractivity contribution in [2.24, 2.45) is 0 Å². The zero-order chi connectivity index (χ0) is 12.3. The molecular formula is C11H11BrN4O. The van der Waals surface area contributed by atoms with Crippen molar-refractivity contribution in [1.29, 1.82) is 0 Å². The maximum Gasteiger partial charge on any atom is 0.151 e. The molecule has 3 N–H and O–H groups in total. The first-order valence-electron chi connectivity index (χ1n) is 4.87. The molecular weight excluding hydrogens is 284 g/mol. The Morgan fingerprint density at radius 3 is 2.88 bits per heavy atom. The van der Waals surface area contributed by atoms with Gasteiger partial charge in [0.2, 0.25) is 0 Å². The molecule has 2 aromatic rings. The second kappa shape index (κ2) is 5.01. The third-order valence-corrected chi connectivity index (χ3v) is 2.57. The molecule has 17 heavy (non-hydrogen) atoms. The van der Waals surface area contributed by atoms with E-state index in [1.54, 1.807) is 13.3 Å². The van der Waals surface area contributed by atoms with Crippen LogP contribution in [-0.4, -0.2) is 17.1 Å². The van der Waals surface area contributed by atoms with Crippen LogP contribution in [0.1, 0.15) is 0 Å². The van der Waals surface area contributed by atoms with Gasteiger partial charge >= 0.3 is 0 Å². The molecule has 1 heterocycles. The first kappa shape index (κ1) is 11.7. The summed E-state index contributed by atoms with van der Waals surface area (Å²) in [6.07, 6.45) is 3.08. The second-order valence-electron chi connectivity index (χ2n) is 3.30. The van der Waals surface area contributed by atoms with Crippen LogP contribution in [0.3, 0.4) is 0 Å². The van der Waals surface area contributed by atoms with E-state index in [1.807, 2.05) is 18.2 Å². The Hall–Kier alpha value is -1.82. The average Bonchev–Trinajstić information content (AvgIpc) is 2.29. The van der Waals surface area contributed by atoms with Crippen LogP contribution in [0.25, 0.3) is 0 Å². The number of hydrogen-bond donors (Lipinski definition) is 2. The van der Waals surface area contributed by atoms with Crippen LogP contribution in [0.2, 0.25) is 0 Å². The molecule has 0 amide bonds. The molecule has 0 bridgehead atoms. The lowest BCUT2D eigenvalue weighted by atomic mass is 10.3. The van der Waals surface area contributed by atoms with Gasteiger partial charge in [-0.15, -0.1) is 0 Å². The summed E-state index contributed by atoms with van der Waals surface area (Å²) in [4.78, 5) is 8.06. The van der Waals surface area contributed by atoms with Gasteiger partial charge < -0.3 is 15.8 Å². The highest BCUT2D eigenvalue weighted by atomic mass is 79.9. The van der Waals surface area contributed by atoms with Gasteiger partial charge in [0, 0.05) is 4.47 Å². The number of anilines is 3. The number of aromatic nitrogens is 2. The number of nitrogens with one attached hydrogen (secondary N) is 1. The van der Waals surface area contributed by atoms with Gasteiger partial charge in [-0.05, 0) is 18.2 Å². The van der Waals surface area contributed by atoms with Gasteiger partial charge in [0.15, 0.2) is 5.82 Å². The number of nitrogen functional groups attached to an aromatic ring is 1. The molecule has 0 aliphatic carbocycles. The van der Waals surface area contributed by atoms with Gasteiger partial charge in [-0.2, -0.15) is 0 Å². The minimum Gasteiger partial charge on any atom is -0.495 e. The molecule has 0 saturated carbocycles. The number of nitrogens with two attached hydrogens (primary N) is 1. The van der Waals surface area contributed by atoms with Gasteiger partial charge in [-0.25, -0.2) is 4.98 Å². The molecule has 5 nitrogen and oxygen atoms in total. The summed E-state index contributed by atoms with van der Waals surface area (Å²) in [5.74, 6) is 1.66. The van der Waals surface area contributed by atoms with Crippen molar-refractivity contribution in [1.82, 2.24) is 9.97 Å². The molecule has 0 unspecified atom stereocenters. The molecule has 0 radical (unpaired) electrons. The van der Waals surface area contributed by atoms with Gasteiger partial charge in [-0.1, -0.05) is 15.9 Å². The predicted molar refractivity (Wildman–Crippen MR) is 70.4 cm³/mol. The highest BCUT2D eigenvalue weighted by Gasteiger charge is 2.05. The molecule has 0 atom stereocenters. The predicted octanol–water partition coefficient (Wildman–Crippen LogP) is 2.57. The van der Waals surface area contributed by atoms with Crippen LogP contribution in [-0.2, 0) is 0 Å². The van der Waals surface area contributed by atoms with Crippen molar-refractivity contribution in [3.05, 3.63) is 35.1 Å². The van der Waals surface area contributed by atoms with Gasteiger partial charge in [0.05, 0.1) is 25.2 Å². The highest BCUT2D eigenvalue weighted by molar-refractivity contribution is 9.10. The zero-order valence-electron chi connectivity index (χ0n) is 9.14. The Balaban J connectivity index is 2.32. The van der Waals surface area contributed by atoms with Crippen molar-refractivity contribution in [2.45, 2.75) is 0 Å². The fourth-order valence-corrected chi connectivity index (χ4v) is 1.72. The SMILES string of the molecule is COc1ccc(Br)cc1Nc1cncc(N)n1. The van der Waals surface area contributed by atoms with Crippen LogP contribution in [0.5, 0.6) is 5.75 Å². The maximum absolute atomic E-state index is 5.56. The van der Waals surface area contributed by atoms with Crippen LogP contribution in [0.15, 0.2) is 35.1 Å². The third-order valence-electron chi connectivity index (χ3n) is 2.08. The van der Waals surface area contributed by atoms with E-state index in [1.165, 1.54) is 6.20 Å². The van der Waals surface area contributed by atoms with Crippen LogP contribution in [0, 0.1) is 0 Å². The van der Waals surface area contributed by atoms with Gasteiger partial charge in [0.1, 0.15) is 11.6 Å². The Labute approximate surface area is 107 Å². The Kier molecular flexibility index (Phi) is 3.43. The fraction of sp³-hybridized carbons (Fsp3) is 0.0909. The second-order valence-corrected chi connectivity index (χ2v) is 4.21. The Morgan fingerprint density at radius 2 is 2.18 bits per heavy atom. The number of rotatable bonds is 3. The van der Waals surface area contributed by atoms with E-state index in [0.717, 1.165) is 15.9 Å². The molecule has 6 heteroatoms. The lowest BCUT2D eigenvalue weighted by Crippen LogP contribution is -1.99. The monoisotopic (exact) mass is 294 g/mol. The zero-order valence-corrected chi connectivity index (χ0v) is 10.7. The van der Waals surface area contributed by atoms with E-state index in [0.29, 0.717) is 11.6 Å². The first-order chi connectivity index (χ1) is 8.19. The van der Waals surface area contributed by atoms with E-state index in [-0.39, 0.29) is 0 Å². The summed E-state index contributed by atoms with van der Waals surface area (Å²) in [6, 6.07) is 5.64. The van der Waals surface area contributed by atoms with E-state index in [4.69, 9.17) is 10.5 Å². The Bertz CT molecular complexity index is 533. The number of hydrogen-bond acceptors (Lipinski definition) is 5. The van der Waals surface area contributed by atoms with Crippen molar-refractivity contribution in [2.75, 3.05) is 18.2 Å². The van der Waals surface area contributed by atoms with Crippen LogP contribution < -0.4 is 15.8 Å². The van der Waals surface area contributed by atoms with Gasteiger partial charge in [-0.3, -0.25) is 4.98 Å². The molecule has 1 aromatic carbocycles. The topological polar surface area (TPSA) is 73.1 Å². The Morgan fingerprint density at radius 1 is 1.35 bits per heavy atom. The van der Waals surface area contributed by atoms with Crippen LogP contribution in [0.4, 0.5) is 17.3 Å². The number of nitrogens with zero attached hydrogens (tertiary/aromatic N) is 2. The van der Waals surface area contributed by atoms with Crippen molar-refractivity contribution in [3.8, 4) is 5.75 Å². The van der Waals surface area contributed by atoms with Crippen molar-refractivity contribution in [3.63, 3.8) is 0 Å². The maximum atomic E-state index is 5.56. The molecule has 0 fully saturated rings. The van der Waals surface area contributed by atoms with Gasteiger partial charge in [0.25, 0.3) is 0 Å². The summed E-state index contributed by atoms with van der Waals surface area (Å²) in [5, 5.41) is 3.10. The van der Waals surface area contributed by atoms with Crippen molar-refractivity contribution >= 4 is 33.3 Å². The minimum absolute atomic E-state index is 0.365. The lowest BCUT2D eigenvalue weighted by molar-refractivity contribution is 0.416. The average molecular weight is 295 g/mol. The molecule has 0 aliphatic rings. The standard InChI is InChI=1S/C11H11BrN4O/c1-17-9-3-2-7(12)4-8(9)15-11-6-14-5-10(13)16-11/h2-6H,1H3,(H3,13,15,16). The summed E-state index contributed by atoms with van der Waals surface area (Å²) in [7, 11) is 1.61. The van der Waals surface area contributed by atoms with E-state index < -0.39 is 0 Å².